The zero-order valence-corrected chi connectivity index (χ0v) is 7.44. The Hall–Kier alpha value is -1.16. The van der Waals surface area contributed by atoms with Crippen molar-refractivity contribution in [3.05, 3.63) is 18.5 Å². The molecule has 2 heterocycles. The number of aromatic nitrogens is 2. The summed E-state index contributed by atoms with van der Waals surface area (Å²) in [7, 11) is 0. The van der Waals surface area contributed by atoms with E-state index in [4.69, 9.17) is 4.74 Å². The van der Waals surface area contributed by atoms with Crippen molar-refractivity contribution in [3.8, 4) is 6.01 Å². The molecule has 1 N–H and O–H groups in total. The van der Waals surface area contributed by atoms with E-state index in [9.17, 15) is 0 Å². The van der Waals surface area contributed by atoms with E-state index >= 15 is 0 Å². The van der Waals surface area contributed by atoms with Gasteiger partial charge in [-0.2, -0.15) is 0 Å². The fourth-order valence-corrected chi connectivity index (χ4v) is 1.42. The lowest BCUT2D eigenvalue weighted by Gasteiger charge is -2.22. The first-order valence-corrected chi connectivity index (χ1v) is 4.59. The second-order valence-corrected chi connectivity index (χ2v) is 3.12. The molecule has 1 unspecified atom stereocenters. The highest BCUT2D eigenvalue weighted by Crippen LogP contribution is 2.08. The SMILES string of the molecule is c1cnc(OC2CCCNC2)nc1. The molecule has 0 saturated carbocycles. The summed E-state index contributed by atoms with van der Waals surface area (Å²) in [5.41, 5.74) is 0. The van der Waals surface area contributed by atoms with E-state index in [-0.39, 0.29) is 6.10 Å². The molecule has 0 amide bonds. The van der Waals surface area contributed by atoms with Crippen LogP contribution in [0.25, 0.3) is 0 Å². The van der Waals surface area contributed by atoms with Gasteiger partial charge >= 0.3 is 6.01 Å². The third-order valence-electron chi connectivity index (χ3n) is 2.07. The average molecular weight is 179 g/mol. The number of nitrogens with one attached hydrogen (secondary N) is 1. The van der Waals surface area contributed by atoms with E-state index in [0.29, 0.717) is 6.01 Å². The maximum Gasteiger partial charge on any atom is 0.316 e. The van der Waals surface area contributed by atoms with Gasteiger partial charge in [-0.05, 0) is 25.5 Å². The Kier molecular flexibility index (Phi) is 2.72. The second kappa shape index (κ2) is 4.18. The van der Waals surface area contributed by atoms with Crippen molar-refractivity contribution in [2.75, 3.05) is 13.1 Å². The van der Waals surface area contributed by atoms with Crippen molar-refractivity contribution in [1.29, 1.82) is 0 Å². The lowest BCUT2D eigenvalue weighted by molar-refractivity contribution is 0.153. The van der Waals surface area contributed by atoms with E-state index in [1.165, 1.54) is 0 Å². The number of piperidine rings is 1. The molecule has 0 radical (unpaired) electrons. The predicted molar refractivity (Wildman–Crippen MR) is 48.6 cm³/mol. The minimum atomic E-state index is 0.233. The van der Waals surface area contributed by atoms with Crippen molar-refractivity contribution in [3.63, 3.8) is 0 Å². The monoisotopic (exact) mass is 179 g/mol. The van der Waals surface area contributed by atoms with Crippen molar-refractivity contribution >= 4 is 0 Å². The summed E-state index contributed by atoms with van der Waals surface area (Å²) < 4.78 is 5.57. The molecule has 1 fully saturated rings. The van der Waals surface area contributed by atoms with E-state index in [0.717, 1.165) is 25.9 Å². The molecule has 1 aliphatic rings. The number of rotatable bonds is 2. The lowest BCUT2D eigenvalue weighted by atomic mass is 10.1. The summed E-state index contributed by atoms with van der Waals surface area (Å²) in [6.45, 7) is 1.99. The largest absolute Gasteiger partial charge is 0.459 e. The fraction of sp³-hybridized carbons (Fsp3) is 0.556. The molecule has 0 aliphatic carbocycles. The molecule has 0 bridgehead atoms. The molecule has 0 aromatic carbocycles. The maximum atomic E-state index is 5.57. The van der Waals surface area contributed by atoms with Crippen LogP contribution < -0.4 is 10.1 Å². The highest BCUT2D eigenvalue weighted by Gasteiger charge is 2.14. The Bertz CT molecular complexity index is 246. The van der Waals surface area contributed by atoms with Gasteiger partial charge in [0.2, 0.25) is 0 Å². The third-order valence-corrected chi connectivity index (χ3v) is 2.07. The van der Waals surface area contributed by atoms with Gasteiger partial charge in [-0.3, -0.25) is 0 Å². The van der Waals surface area contributed by atoms with Crippen LogP contribution >= 0.6 is 0 Å². The number of hydrogen-bond acceptors (Lipinski definition) is 4. The number of hydrogen-bond donors (Lipinski definition) is 1. The molecule has 2 rings (SSSR count). The number of ether oxygens (including phenoxy) is 1. The Morgan fingerprint density at radius 1 is 1.38 bits per heavy atom. The van der Waals surface area contributed by atoms with Crippen LogP contribution in [0.15, 0.2) is 18.5 Å². The molecule has 1 saturated heterocycles. The average Bonchev–Trinajstić information content (AvgIpc) is 2.21. The third kappa shape index (κ3) is 2.39. The first-order chi connectivity index (χ1) is 6.45. The topological polar surface area (TPSA) is 47.0 Å². The van der Waals surface area contributed by atoms with Gasteiger partial charge in [0.1, 0.15) is 6.10 Å². The molecule has 1 atom stereocenters. The maximum absolute atomic E-state index is 5.57. The van der Waals surface area contributed by atoms with Crippen LogP contribution in [0.5, 0.6) is 6.01 Å². The molecule has 13 heavy (non-hydrogen) atoms. The molecular weight excluding hydrogens is 166 g/mol. The molecule has 4 nitrogen and oxygen atoms in total. The van der Waals surface area contributed by atoms with Crippen LogP contribution in [0.4, 0.5) is 0 Å². The van der Waals surface area contributed by atoms with Crippen LogP contribution in [0.1, 0.15) is 12.8 Å². The van der Waals surface area contributed by atoms with Gasteiger partial charge in [0.05, 0.1) is 0 Å². The van der Waals surface area contributed by atoms with Gasteiger partial charge in [-0.1, -0.05) is 0 Å². The summed E-state index contributed by atoms with van der Waals surface area (Å²) in [5, 5.41) is 3.27. The van der Waals surface area contributed by atoms with Gasteiger partial charge in [0, 0.05) is 18.9 Å². The summed E-state index contributed by atoms with van der Waals surface area (Å²) in [4.78, 5) is 8.02. The van der Waals surface area contributed by atoms with Gasteiger partial charge < -0.3 is 10.1 Å². The van der Waals surface area contributed by atoms with Gasteiger partial charge in [0.25, 0.3) is 0 Å². The summed E-state index contributed by atoms with van der Waals surface area (Å²) >= 11 is 0. The van der Waals surface area contributed by atoms with Crippen LogP contribution in [0.3, 0.4) is 0 Å². The zero-order chi connectivity index (χ0) is 8.93. The Morgan fingerprint density at radius 3 is 2.92 bits per heavy atom. The highest BCUT2D eigenvalue weighted by molar-refractivity contribution is 4.94. The Labute approximate surface area is 77.4 Å². The highest BCUT2D eigenvalue weighted by atomic mass is 16.5. The normalized spacial score (nSPS) is 22.6. The fourth-order valence-electron chi connectivity index (χ4n) is 1.42. The van der Waals surface area contributed by atoms with Crippen LogP contribution in [-0.2, 0) is 0 Å². The Morgan fingerprint density at radius 2 is 2.23 bits per heavy atom. The Balaban J connectivity index is 1.90. The molecule has 1 aromatic heterocycles. The van der Waals surface area contributed by atoms with Gasteiger partial charge in [-0.15, -0.1) is 0 Å². The molecule has 0 spiro atoms. The molecule has 70 valence electrons. The summed E-state index contributed by atoms with van der Waals surface area (Å²) in [6, 6.07) is 2.27. The van der Waals surface area contributed by atoms with Gasteiger partial charge in [-0.25, -0.2) is 9.97 Å². The summed E-state index contributed by atoms with van der Waals surface area (Å²) in [6.07, 6.45) is 5.87. The molecule has 1 aromatic rings. The van der Waals surface area contributed by atoms with Crippen LogP contribution in [-0.4, -0.2) is 29.2 Å². The quantitative estimate of drug-likeness (QED) is 0.722. The minimum absolute atomic E-state index is 0.233. The van der Waals surface area contributed by atoms with Crippen molar-refractivity contribution in [2.45, 2.75) is 18.9 Å². The molecule has 4 heteroatoms. The van der Waals surface area contributed by atoms with E-state index in [2.05, 4.69) is 15.3 Å². The predicted octanol–water partition coefficient (Wildman–Crippen LogP) is 0.607. The first-order valence-electron chi connectivity index (χ1n) is 4.59. The van der Waals surface area contributed by atoms with E-state index < -0.39 is 0 Å². The lowest BCUT2D eigenvalue weighted by Crippen LogP contribution is -2.37. The van der Waals surface area contributed by atoms with Crippen LogP contribution in [0.2, 0.25) is 0 Å². The standard InChI is InChI=1S/C9H13N3O/c1-3-8(7-10-4-1)13-9-11-5-2-6-12-9/h2,5-6,8,10H,1,3-4,7H2. The van der Waals surface area contributed by atoms with Crippen molar-refractivity contribution in [1.82, 2.24) is 15.3 Å². The smallest absolute Gasteiger partial charge is 0.316 e. The summed E-state index contributed by atoms with van der Waals surface area (Å²) in [5.74, 6) is 0. The van der Waals surface area contributed by atoms with Gasteiger partial charge in [0.15, 0.2) is 0 Å². The molecular formula is C9H13N3O. The second-order valence-electron chi connectivity index (χ2n) is 3.12. The van der Waals surface area contributed by atoms with Crippen LogP contribution in [0, 0.1) is 0 Å². The van der Waals surface area contributed by atoms with E-state index in [1.54, 1.807) is 18.5 Å². The molecule has 1 aliphatic heterocycles. The van der Waals surface area contributed by atoms with Crippen molar-refractivity contribution < 1.29 is 4.74 Å². The minimum Gasteiger partial charge on any atom is -0.459 e. The zero-order valence-electron chi connectivity index (χ0n) is 7.44. The first kappa shape index (κ1) is 8.44. The van der Waals surface area contributed by atoms with Crippen molar-refractivity contribution in [2.24, 2.45) is 0 Å². The van der Waals surface area contributed by atoms with E-state index in [1.807, 2.05) is 0 Å². The number of nitrogens with zero attached hydrogens (tertiary/aromatic N) is 2.